The normalized spacial score (nSPS) is 10.7. The molecule has 0 aliphatic rings. The van der Waals surface area contributed by atoms with Crippen LogP contribution >= 0.6 is 11.3 Å². The van der Waals surface area contributed by atoms with Crippen LogP contribution < -0.4 is 9.47 Å². The van der Waals surface area contributed by atoms with Crippen molar-refractivity contribution in [3.05, 3.63) is 77.3 Å². The summed E-state index contributed by atoms with van der Waals surface area (Å²) in [4.78, 5) is 17.0. The van der Waals surface area contributed by atoms with Gasteiger partial charge in [0.25, 0.3) is 0 Å². The molecule has 1 aromatic heterocycles. The lowest BCUT2D eigenvalue weighted by molar-refractivity contribution is 0.0468. The number of esters is 1. The maximum atomic E-state index is 12.4. The number of nitrogens with zero attached hydrogens (tertiary/aromatic N) is 1. The summed E-state index contributed by atoms with van der Waals surface area (Å²) in [7, 11) is 3.20. The first-order valence-corrected chi connectivity index (χ1v) is 9.89. The molecular weight excluding hydrogens is 386 g/mol. The zero-order valence-corrected chi connectivity index (χ0v) is 16.9. The number of fused-ring (bicyclic) bond motifs is 1. The fourth-order valence-corrected chi connectivity index (χ4v) is 3.92. The molecule has 1 heterocycles. The summed E-state index contributed by atoms with van der Waals surface area (Å²) in [5, 5.41) is 4.74. The van der Waals surface area contributed by atoms with Crippen molar-refractivity contribution in [3.8, 4) is 22.1 Å². The average molecular weight is 405 g/mol. The second kappa shape index (κ2) is 8.32. The number of carbonyl (C=O) groups is 1. The van der Waals surface area contributed by atoms with Gasteiger partial charge in [-0.1, -0.05) is 36.4 Å². The third-order valence-electron chi connectivity index (χ3n) is 4.52. The highest BCUT2D eigenvalue weighted by molar-refractivity contribution is 7.13. The lowest BCUT2D eigenvalue weighted by atomic mass is 10.1. The molecule has 0 unspecified atom stereocenters. The molecule has 0 spiro atoms. The van der Waals surface area contributed by atoms with Crippen LogP contribution in [-0.4, -0.2) is 25.2 Å². The number of methoxy groups -OCH3 is 2. The number of para-hydroxylation sites is 1. The molecule has 0 fully saturated rings. The molecule has 0 saturated carbocycles. The van der Waals surface area contributed by atoms with Crippen molar-refractivity contribution in [1.82, 2.24) is 4.98 Å². The topological polar surface area (TPSA) is 57.7 Å². The van der Waals surface area contributed by atoms with Gasteiger partial charge >= 0.3 is 5.97 Å². The van der Waals surface area contributed by atoms with E-state index >= 15 is 0 Å². The molecule has 0 aliphatic heterocycles. The predicted molar refractivity (Wildman–Crippen MR) is 114 cm³/mol. The van der Waals surface area contributed by atoms with Crippen LogP contribution in [0.5, 0.6) is 11.5 Å². The van der Waals surface area contributed by atoms with Gasteiger partial charge in [-0.2, -0.15) is 0 Å². The number of benzene rings is 3. The van der Waals surface area contributed by atoms with Crippen molar-refractivity contribution in [2.24, 2.45) is 0 Å². The Kier molecular flexibility index (Phi) is 5.44. The Bertz CT molecular complexity index is 1170. The van der Waals surface area contributed by atoms with Gasteiger partial charge in [0.15, 0.2) is 11.5 Å². The van der Waals surface area contributed by atoms with Crippen molar-refractivity contribution in [2.75, 3.05) is 14.2 Å². The Labute approximate surface area is 172 Å². The van der Waals surface area contributed by atoms with Gasteiger partial charge in [0.1, 0.15) is 11.6 Å². The largest absolute Gasteiger partial charge is 0.493 e. The van der Waals surface area contributed by atoms with Crippen LogP contribution in [0.3, 0.4) is 0 Å². The molecule has 0 saturated heterocycles. The highest BCUT2D eigenvalue weighted by Crippen LogP contribution is 2.39. The summed E-state index contributed by atoms with van der Waals surface area (Å²) in [5.74, 6) is 0.901. The molecule has 3 aromatic carbocycles. The molecule has 6 heteroatoms. The third-order valence-corrected chi connectivity index (χ3v) is 5.45. The smallest absolute Gasteiger partial charge is 0.338 e. The molecule has 0 amide bonds. The first kappa shape index (κ1) is 19.0. The SMILES string of the molecule is COc1cccc(-c2nc(COC(=O)c3ccc4ccccc4c3)cs2)c1OC. The van der Waals surface area contributed by atoms with Crippen LogP contribution in [0.1, 0.15) is 16.1 Å². The summed E-state index contributed by atoms with van der Waals surface area (Å²) in [5.41, 5.74) is 2.04. The first-order chi connectivity index (χ1) is 14.2. The number of aromatic nitrogens is 1. The van der Waals surface area contributed by atoms with Crippen molar-refractivity contribution < 1.29 is 19.0 Å². The second-order valence-corrected chi connectivity index (χ2v) is 7.18. The van der Waals surface area contributed by atoms with Gasteiger partial charge in [0.05, 0.1) is 31.0 Å². The van der Waals surface area contributed by atoms with Crippen molar-refractivity contribution in [2.45, 2.75) is 6.61 Å². The zero-order chi connectivity index (χ0) is 20.2. The van der Waals surface area contributed by atoms with Gasteiger partial charge in [0.2, 0.25) is 0 Å². The van der Waals surface area contributed by atoms with Crippen molar-refractivity contribution in [3.63, 3.8) is 0 Å². The average Bonchev–Trinajstić information content (AvgIpc) is 3.25. The fraction of sp³-hybridized carbons (Fsp3) is 0.130. The number of thiazole rings is 1. The van der Waals surface area contributed by atoms with Gasteiger partial charge in [-0.05, 0) is 35.0 Å². The first-order valence-electron chi connectivity index (χ1n) is 9.01. The molecule has 5 nitrogen and oxygen atoms in total. The van der Waals surface area contributed by atoms with Crippen molar-refractivity contribution in [1.29, 1.82) is 0 Å². The number of rotatable bonds is 6. The zero-order valence-electron chi connectivity index (χ0n) is 16.0. The van der Waals surface area contributed by atoms with E-state index in [4.69, 9.17) is 14.2 Å². The monoisotopic (exact) mass is 405 g/mol. The van der Waals surface area contributed by atoms with Crippen LogP contribution in [0.25, 0.3) is 21.3 Å². The highest BCUT2D eigenvalue weighted by atomic mass is 32.1. The van der Waals surface area contributed by atoms with E-state index < -0.39 is 0 Å². The van der Waals surface area contributed by atoms with Crippen LogP contribution in [0.15, 0.2) is 66.0 Å². The van der Waals surface area contributed by atoms with E-state index in [9.17, 15) is 4.79 Å². The number of carbonyl (C=O) groups excluding carboxylic acids is 1. The molecule has 0 radical (unpaired) electrons. The van der Waals surface area contributed by atoms with E-state index in [0.717, 1.165) is 21.3 Å². The summed E-state index contributed by atoms with van der Waals surface area (Å²) >= 11 is 1.46. The van der Waals surface area contributed by atoms with Crippen LogP contribution in [0.2, 0.25) is 0 Å². The predicted octanol–water partition coefficient (Wildman–Crippen LogP) is 5.34. The maximum Gasteiger partial charge on any atom is 0.338 e. The number of ether oxygens (including phenoxy) is 3. The van der Waals surface area contributed by atoms with E-state index in [1.54, 1.807) is 20.3 Å². The van der Waals surface area contributed by atoms with E-state index in [2.05, 4.69) is 4.98 Å². The maximum absolute atomic E-state index is 12.4. The van der Waals surface area contributed by atoms with Crippen LogP contribution in [0.4, 0.5) is 0 Å². The third kappa shape index (κ3) is 3.93. The molecular formula is C23H19NO4S. The van der Waals surface area contributed by atoms with Gasteiger partial charge < -0.3 is 14.2 Å². The van der Waals surface area contributed by atoms with Gasteiger partial charge in [0, 0.05) is 5.38 Å². The second-order valence-electron chi connectivity index (χ2n) is 6.32. The summed E-state index contributed by atoms with van der Waals surface area (Å²) < 4.78 is 16.3. The fourth-order valence-electron chi connectivity index (χ4n) is 3.09. The van der Waals surface area contributed by atoms with E-state index in [0.29, 0.717) is 22.8 Å². The molecule has 0 atom stereocenters. The van der Waals surface area contributed by atoms with E-state index in [1.807, 2.05) is 60.0 Å². The van der Waals surface area contributed by atoms with E-state index in [1.165, 1.54) is 11.3 Å². The Morgan fingerprint density at radius 3 is 2.59 bits per heavy atom. The standard InChI is InChI=1S/C23H19NO4S/c1-26-20-9-5-8-19(21(20)27-2)22-24-18(14-29-22)13-28-23(25)17-11-10-15-6-3-4-7-16(15)12-17/h3-12,14H,13H2,1-2H3. The molecule has 0 N–H and O–H groups in total. The quantitative estimate of drug-likeness (QED) is 0.406. The van der Waals surface area contributed by atoms with Crippen LogP contribution in [-0.2, 0) is 11.3 Å². The Morgan fingerprint density at radius 1 is 0.966 bits per heavy atom. The summed E-state index contributed by atoms with van der Waals surface area (Å²) in [6.45, 7) is 0.106. The molecule has 4 aromatic rings. The lowest BCUT2D eigenvalue weighted by Crippen LogP contribution is -2.05. The number of hydrogen-bond acceptors (Lipinski definition) is 6. The van der Waals surface area contributed by atoms with Crippen molar-refractivity contribution >= 4 is 28.1 Å². The van der Waals surface area contributed by atoms with Gasteiger partial charge in [-0.15, -0.1) is 11.3 Å². The summed E-state index contributed by atoms with van der Waals surface area (Å²) in [6.07, 6.45) is 0. The minimum atomic E-state index is -0.371. The molecule has 29 heavy (non-hydrogen) atoms. The minimum absolute atomic E-state index is 0.106. The molecule has 0 bridgehead atoms. The lowest BCUT2D eigenvalue weighted by Gasteiger charge is -2.10. The van der Waals surface area contributed by atoms with Crippen LogP contribution in [0, 0.1) is 0 Å². The Morgan fingerprint density at radius 2 is 1.79 bits per heavy atom. The Balaban J connectivity index is 1.49. The van der Waals surface area contributed by atoms with E-state index in [-0.39, 0.29) is 12.6 Å². The van der Waals surface area contributed by atoms with Gasteiger partial charge in [-0.3, -0.25) is 0 Å². The number of hydrogen-bond donors (Lipinski definition) is 0. The molecule has 0 aliphatic carbocycles. The minimum Gasteiger partial charge on any atom is -0.493 e. The van der Waals surface area contributed by atoms with Gasteiger partial charge in [-0.25, -0.2) is 9.78 Å². The Hall–Kier alpha value is -3.38. The summed E-state index contributed by atoms with van der Waals surface area (Å²) in [6, 6.07) is 19.1. The molecule has 146 valence electrons. The molecule has 4 rings (SSSR count). The highest BCUT2D eigenvalue weighted by Gasteiger charge is 2.15.